The predicted molar refractivity (Wildman–Crippen MR) is 66.5 cm³/mol. The van der Waals surface area contributed by atoms with Crippen LogP contribution in [-0.2, 0) is 4.74 Å². The Morgan fingerprint density at radius 3 is 2.82 bits per heavy atom. The van der Waals surface area contributed by atoms with Gasteiger partial charge in [-0.3, -0.25) is 0 Å². The van der Waals surface area contributed by atoms with E-state index in [0.29, 0.717) is 11.5 Å². The van der Waals surface area contributed by atoms with E-state index in [0.717, 1.165) is 32.5 Å². The van der Waals surface area contributed by atoms with E-state index in [1.54, 1.807) is 12.1 Å². The number of halogens is 2. The number of ether oxygens (including phenoxy) is 1. The number of nitrogens with two attached hydrogens (primary N) is 1. The van der Waals surface area contributed by atoms with Crippen molar-refractivity contribution in [3.05, 3.63) is 34.6 Å². The van der Waals surface area contributed by atoms with Gasteiger partial charge in [0.05, 0.1) is 5.02 Å². The van der Waals surface area contributed by atoms with Crippen molar-refractivity contribution >= 4 is 11.6 Å². The minimum absolute atomic E-state index is 0.159. The second-order valence-corrected chi connectivity index (χ2v) is 4.92. The molecule has 2 nitrogen and oxygen atoms in total. The van der Waals surface area contributed by atoms with Crippen LogP contribution >= 0.6 is 11.6 Å². The van der Waals surface area contributed by atoms with Crippen LogP contribution in [0.5, 0.6) is 0 Å². The van der Waals surface area contributed by atoms with Crippen LogP contribution in [0.4, 0.5) is 4.39 Å². The minimum Gasteiger partial charge on any atom is -0.381 e. The summed E-state index contributed by atoms with van der Waals surface area (Å²) in [4.78, 5) is 0. The molecule has 2 rings (SSSR count). The SMILES string of the molecule is NC(CC1CCOCC1)c1cccc(F)c1Cl. The Morgan fingerprint density at radius 1 is 1.41 bits per heavy atom. The number of benzene rings is 1. The highest BCUT2D eigenvalue weighted by Gasteiger charge is 2.20. The van der Waals surface area contributed by atoms with Crippen molar-refractivity contribution in [2.75, 3.05) is 13.2 Å². The first-order valence-corrected chi connectivity index (χ1v) is 6.33. The average molecular weight is 258 g/mol. The maximum absolute atomic E-state index is 13.3. The summed E-state index contributed by atoms with van der Waals surface area (Å²) < 4.78 is 18.6. The molecule has 4 heteroatoms. The summed E-state index contributed by atoms with van der Waals surface area (Å²) in [6.45, 7) is 1.60. The maximum atomic E-state index is 13.3. The highest BCUT2D eigenvalue weighted by molar-refractivity contribution is 6.31. The first kappa shape index (κ1) is 12.8. The molecule has 1 aromatic carbocycles. The smallest absolute Gasteiger partial charge is 0.142 e. The van der Waals surface area contributed by atoms with Crippen molar-refractivity contribution in [2.24, 2.45) is 11.7 Å². The van der Waals surface area contributed by atoms with Crippen molar-refractivity contribution in [1.29, 1.82) is 0 Å². The van der Waals surface area contributed by atoms with Gasteiger partial charge in [-0.05, 0) is 36.8 Å². The fourth-order valence-electron chi connectivity index (χ4n) is 2.28. The van der Waals surface area contributed by atoms with Crippen molar-refractivity contribution in [1.82, 2.24) is 0 Å². The lowest BCUT2D eigenvalue weighted by Gasteiger charge is -2.25. The molecule has 1 aliphatic rings. The number of rotatable bonds is 3. The van der Waals surface area contributed by atoms with Gasteiger partial charge >= 0.3 is 0 Å². The molecule has 0 amide bonds. The van der Waals surface area contributed by atoms with Gasteiger partial charge in [0, 0.05) is 19.3 Å². The largest absolute Gasteiger partial charge is 0.381 e. The highest BCUT2D eigenvalue weighted by Crippen LogP contribution is 2.30. The van der Waals surface area contributed by atoms with Gasteiger partial charge in [-0.1, -0.05) is 23.7 Å². The maximum Gasteiger partial charge on any atom is 0.142 e. The first-order valence-electron chi connectivity index (χ1n) is 5.95. The predicted octanol–water partition coefficient (Wildman–Crippen LogP) is 3.30. The standard InChI is InChI=1S/C13H17ClFNO/c14-13-10(2-1-3-11(13)15)12(16)8-9-4-6-17-7-5-9/h1-3,9,12H,4-8,16H2. The number of hydrogen-bond acceptors (Lipinski definition) is 2. The zero-order valence-electron chi connectivity index (χ0n) is 9.66. The Morgan fingerprint density at radius 2 is 2.12 bits per heavy atom. The quantitative estimate of drug-likeness (QED) is 0.902. The van der Waals surface area contributed by atoms with Gasteiger partial charge in [-0.25, -0.2) is 4.39 Å². The van der Waals surface area contributed by atoms with E-state index < -0.39 is 5.82 Å². The summed E-state index contributed by atoms with van der Waals surface area (Å²) in [7, 11) is 0. The second kappa shape index (κ2) is 5.80. The van der Waals surface area contributed by atoms with E-state index >= 15 is 0 Å². The molecule has 1 fully saturated rings. The minimum atomic E-state index is -0.397. The third-order valence-corrected chi connectivity index (χ3v) is 3.71. The van der Waals surface area contributed by atoms with Crippen LogP contribution in [-0.4, -0.2) is 13.2 Å². The third-order valence-electron chi connectivity index (χ3n) is 3.31. The van der Waals surface area contributed by atoms with E-state index in [-0.39, 0.29) is 11.1 Å². The first-order chi connectivity index (χ1) is 8.18. The van der Waals surface area contributed by atoms with Crippen LogP contribution in [0.15, 0.2) is 18.2 Å². The molecule has 1 aliphatic heterocycles. The molecule has 1 heterocycles. The lowest BCUT2D eigenvalue weighted by Crippen LogP contribution is -2.21. The summed E-state index contributed by atoms with van der Waals surface area (Å²) >= 11 is 5.93. The summed E-state index contributed by atoms with van der Waals surface area (Å²) in [5.41, 5.74) is 6.81. The molecule has 94 valence electrons. The van der Waals surface area contributed by atoms with Gasteiger partial charge in [0.25, 0.3) is 0 Å². The molecule has 0 spiro atoms. The molecular formula is C13H17ClFNO. The molecular weight excluding hydrogens is 241 g/mol. The normalized spacial score (nSPS) is 19.2. The Kier molecular flexibility index (Phi) is 4.37. The van der Waals surface area contributed by atoms with Gasteiger partial charge < -0.3 is 10.5 Å². The van der Waals surface area contributed by atoms with Crippen molar-refractivity contribution in [3.63, 3.8) is 0 Å². The number of hydrogen-bond donors (Lipinski definition) is 1. The Hall–Kier alpha value is -0.640. The third kappa shape index (κ3) is 3.18. The molecule has 17 heavy (non-hydrogen) atoms. The second-order valence-electron chi connectivity index (χ2n) is 4.54. The summed E-state index contributed by atoms with van der Waals surface area (Å²) in [5.74, 6) is 0.157. The lowest BCUT2D eigenvalue weighted by molar-refractivity contribution is 0.0618. The van der Waals surface area contributed by atoms with E-state index in [2.05, 4.69) is 0 Å². The van der Waals surface area contributed by atoms with Crippen LogP contribution in [0.2, 0.25) is 5.02 Å². The van der Waals surface area contributed by atoms with E-state index in [1.165, 1.54) is 6.07 Å². The van der Waals surface area contributed by atoms with Crippen LogP contribution in [0.1, 0.15) is 30.9 Å². The van der Waals surface area contributed by atoms with Gasteiger partial charge in [-0.2, -0.15) is 0 Å². The van der Waals surface area contributed by atoms with Crippen LogP contribution in [0.25, 0.3) is 0 Å². The molecule has 2 N–H and O–H groups in total. The zero-order valence-corrected chi connectivity index (χ0v) is 10.4. The van der Waals surface area contributed by atoms with Gasteiger partial charge in [0.1, 0.15) is 5.82 Å². The monoisotopic (exact) mass is 257 g/mol. The van der Waals surface area contributed by atoms with E-state index in [1.807, 2.05) is 0 Å². The Balaban J connectivity index is 2.03. The topological polar surface area (TPSA) is 35.2 Å². The molecule has 1 unspecified atom stereocenters. The summed E-state index contributed by atoms with van der Waals surface area (Å²) in [6.07, 6.45) is 2.90. The zero-order chi connectivity index (χ0) is 12.3. The molecule has 1 saturated heterocycles. The molecule has 0 bridgehead atoms. The molecule has 0 saturated carbocycles. The Labute approximate surface area is 106 Å². The van der Waals surface area contributed by atoms with Crippen LogP contribution in [0.3, 0.4) is 0 Å². The lowest BCUT2D eigenvalue weighted by atomic mass is 9.90. The molecule has 0 radical (unpaired) electrons. The van der Waals surface area contributed by atoms with Crippen molar-refractivity contribution < 1.29 is 9.13 Å². The average Bonchev–Trinajstić information content (AvgIpc) is 2.34. The molecule has 0 aliphatic carbocycles. The van der Waals surface area contributed by atoms with E-state index in [4.69, 9.17) is 22.1 Å². The molecule has 1 atom stereocenters. The van der Waals surface area contributed by atoms with Crippen LogP contribution in [0, 0.1) is 11.7 Å². The molecule has 1 aromatic rings. The fourth-order valence-corrected chi connectivity index (χ4v) is 2.54. The van der Waals surface area contributed by atoms with Gasteiger partial charge in [0.15, 0.2) is 0 Å². The van der Waals surface area contributed by atoms with E-state index in [9.17, 15) is 4.39 Å². The van der Waals surface area contributed by atoms with Gasteiger partial charge in [0.2, 0.25) is 0 Å². The highest BCUT2D eigenvalue weighted by atomic mass is 35.5. The van der Waals surface area contributed by atoms with Crippen molar-refractivity contribution in [3.8, 4) is 0 Å². The molecule has 0 aromatic heterocycles. The fraction of sp³-hybridized carbons (Fsp3) is 0.538. The van der Waals surface area contributed by atoms with Gasteiger partial charge in [-0.15, -0.1) is 0 Å². The Bertz CT molecular complexity index is 380. The summed E-state index contributed by atoms with van der Waals surface area (Å²) in [6, 6.07) is 4.62. The van der Waals surface area contributed by atoms with Crippen molar-refractivity contribution in [2.45, 2.75) is 25.3 Å². The van der Waals surface area contributed by atoms with Crippen LogP contribution < -0.4 is 5.73 Å². The summed E-state index contributed by atoms with van der Waals surface area (Å²) in [5, 5.41) is 0.159.